The molecule has 6 nitrogen and oxygen atoms in total. The summed E-state index contributed by atoms with van der Waals surface area (Å²) in [5, 5.41) is 30.5. The molecule has 0 spiro atoms. The van der Waals surface area contributed by atoms with E-state index in [1.165, 1.54) is 10.9 Å². The molecule has 1 aromatic carbocycles. The van der Waals surface area contributed by atoms with Crippen LogP contribution in [0.3, 0.4) is 0 Å². The first-order chi connectivity index (χ1) is 9.45. The maximum absolute atomic E-state index is 9.95. The first kappa shape index (κ1) is 15.2. The fourth-order valence-corrected chi connectivity index (χ4v) is 2.86. The van der Waals surface area contributed by atoms with E-state index < -0.39 is 0 Å². The summed E-state index contributed by atoms with van der Waals surface area (Å²) in [4.78, 5) is 0. The quantitative estimate of drug-likeness (QED) is 0.524. The molecule has 1 aromatic heterocycles. The van der Waals surface area contributed by atoms with Crippen LogP contribution in [0.2, 0.25) is 0 Å². The maximum atomic E-state index is 9.95. The van der Waals surface area contributed by atoms with Crippen molar-refractivity contribution in [3.05, 3.63) is 31.2 Å². The number of aromatic nitrogens is 3. The van der Waals surface area contributed by atoms with Gasteiger partial charge in [0, 0.05) is 12.0 Å². The SMILES string of the molecule is CCc1n[nH]c(=S)n1/N=C\c1cc(Br)c(O)c(Br)c1O. The lowest BCUT2D eigenvalue weighted by Crippen LogP contribution is -1.97. The van der Waals surface area contributed by atoms with Gasteiger partial charge in [-0.3, -0.25) is 5.10 Å². The zero-order valence-electron chi connectivity index (χ0n) is 10.3. The van der Waals surface area contributed by atoms with E-state index in [1.54, 1.807) is 6.07 Å². The molecular weight excluding hydrogens is 412 g/mol. The van der Waals surface area contributed by atoms with Crippen molar-refractivity contribution >= 4 is 50.3 Å². The summed E-state index contributed by atoms with van der Waals surface area (Å²) in [6, 6.07) is 1.55. The molecule has 3 N–H and O–H groups in total. The standard InChI is InChI=1S/C11H10Br2N4O2S/c1-2-7-15-16-11(20)17(7)14-4-5-3-6(12)10(19)8(13)9(5)18/h3-4,18-19H,2H2,1H3,(H,16,20)/b14-4-. The number of phenols is 2. The minimum Gasteiger partial charge on any atom is -0.506 e. The van der Waals surface area contributed by atoms with Gasteiger partial charge in [0.1, 0.15) is 16.0 Å². The number of hydrogen-bond donors (Lipinski definition) is 3. The third-order valence-electron chi connectivity index (χ3n) is 2.54. The van der Waals surface area contributed by atoms with Crippen LogP contribution in [0, 0.1) is 4.77 Å². The zero-order valence-corrected chi connectivity index (χ0v) is 14.3. The number of phenolic OH excluding ortho intramolecular Hbond substituents is 2. The summed E-state index contributed by atoms with van der Waals surface area (Å²) in [5.41, 5.74) is 0.423. The fraction of sp³-hybridized carbons (Fsp3) is 0.182. The molecule has 0 atom stereocenters. The summed E-state index contributed by atoms with van der Waals surface area (Å²) in [5.74, 6) is 0.499. The normalized spacial score (nSPS) is 11.3. The zero-order chi connectivity index (χ0) is 14.9. The molecule has 1 heterocycles. The Morgan fingerprint density at radius 2 is 2.15 bits per heavy atom. The van der Waals surface area contributed by atoms with Gasteiger partial charge in [-0.1, -0.05) is 6.92 Å². The van der Waals surface area contributed by atoms with E-state index in [2.05, 4.69) is 47.2 Å². The molecule has 0 fully saturated rings. The molecule has 0 bridgehead atoms. The number of rotatable bonds is 3. The van der Waals surface area contributed by atoms with E-state index in [4.69, 9.17) is 12.2 Å². The van der Waals surface area contributed by atoms with E-state index in [-0.39, 0.29) is 16.0 Å². The molecule has 106 valence electrons. The summed E-state index contributed by atoms with van der Waals surface area (Å²) < 4.78 is 2.48. The van der Waals surface area contributed by atoms with E-state index in [1.807, 2.05) is 6.92 Å². The lowest BCUT2D eigenvalue weighted by Gasteiger charge is -2.06. The number of nitrogens with zero attached hydrogens (tertiary/aromatic N) is 3. The van der Waals surface area contributed by atoms with Gasteiger partial charge in [0.15, 0.2) is 5.82 Å². The summed E-state index contributed by atoms with van der Waals surface area (Å²) in [6.45, 7) is 1.93. The van der Waals surface area contributed by atoms with Crippen LogP contribution in [0.25, 0.3) is 0 Å². The minimum absolute atomic E-state index is 0.0752. The number of hydrogen-bond acceptors (Lipinski definition) is 5. The number of H-pyrrole nitrogens is 1. The average Bonchev–Trinajstić information content (AvgIpc) is 2.79. The van der Waals surface area contributed by atoms with Crippen molar-refractivity contribution in [3.63, 3.8) is 0 Å². The second kappa shape index (κ2) is 6.06. The van der Waals surface area contributed by atoms with Gasteiger partial charge in [0.2, 0.25) is 4.77 Å². The topological polar surface area (TPSA) is 86.4 Å². The predicted octanol–water partition coefficient (Wildman–Crippen LogP) is 3.32. The van der Waals surface area contributed by atoms with Gasteiger partial charge in [-0.15, -0.1) is 0 Å². The second-order valence-corrected chi connectivity index (χ2v) is 5.85. The van der Waals surface area contributed by atoms with Crippen LogP contribution in [-0.4, -0.2) is 31.3 Å². The van der Waals surface area contributed by atoms with Gasteiger partial charge in [0.25, 0.3) is 0 Å². The van der Waals surface area contributed by atoms with Crippen molar-refractivity contribution < 1.29 is 10.2 Å². The first-order valence-corrected chi connectivity index (χ1v) is 7.55. The van der Waals surface area contributed by atoms with Crippen LogP contribution >= 0.6 is 44.1 Å². The van der Waals surface area contributed by atoms with Gasteiger partial charge in [0.05, 0.1) is 10.7 Å². The monoisotopic (exact) mass is 420 g/mol. The molecule has 20 heavy (non-hydrogen) atoms. The van der Waals surface area contributed by atoms with Gasteiger partial charge in [-0.25, -0.2) is 0 Å². The number of nitrogens with one attached hydrogen (secondary N) is 1. The van der Waals surface area contributed by atoms with E-state index >= 15 is 0 Å². The van der Waals surface area contributed by atoms with Gasteiger partial charge in [-0.05, 0) is 50.1 Å². The Bertz CT molecular complexity index is 739. The molecule has 0 unspecified atom stereocenters. The fourth-order valence-electron chi connectivity index (χ4n) is 1.51. The van der Waals surface area contributed by atoms with E-state index in [9.17, 15) is 10.2 Å². The Balaban J connectivity index is 2.47. The molecule has 9 heteroatoms. The molecule has 2 aromatic rings. The van der Waals surface area contributed by atoms with Crippen LogP contribution in [0.1, 0.15) is 18.3 Å². The molecule has 0 aliphatic rings. The molecule has 0 radical (unpaired) electrons. The lowest BCUT2D eigenvalue weighted by molar-refractivity contribution is 0.441. The Morgan fingerprint density at radius 1 is 1.45 bits per heavy atom. The summed E-state index contributed by atoms with van der Waals surface area (Å²) in [7, 11) is 0. The highest BCUT2D eigenvalue weighted by atomic mass is 79.9. The van der Waals surface area contributed by atoms with Crippen LogP contribution in [0.15, 0.2) is 20.1 Å². The highest BCUT2D eigenvalue weighted by Crippen LogP contribution is 2.40. The number of aromatic hydroxyl groups is 2. The van der Waals surface area contributed by atoms with E-state index in [0.717, 1.165) is 0 Å². The second-order valence-electron chi connectivity index (χ2n) is 3.81. The third-order valence-corrected chi connectivity index (χ3v) is 4.16. The first-order valence-electron chi connectivity index (χ1n) is 5.56. The number of benzene rings is 1. The molecule has 0 saturated carbocycles. The number of aryl methyl sites for hydroxylation is 1. The Morgan fingerprint density at radius 3 is 2.80 bits per heavy atom. The third kappa shape index (κ3) is 2.79. The Hall–Kier alpha value is -1.19. The molecule has 2 rings (SSSR count). The average molecular weight is 422 g/mol. The van der Waals surface area contributed by atoms with Gasteiger partial charge in [-0.2, -0.15) is 14.9 Å². The Kier molecular flexibility index (Phi) is 4.61. The molecular formula is C11H10Br2N4O2S. The predicted molar refractivity (Wildman–Crippen MR) is 85.0 cm³/mol. The lowest BCUT2D eigenvalue weighted by atomic mass is 10.2. The summed E-state index contributed by atoms with van der Waals surface area (Å²) >= 11 is 11.4. The number of halogens is 2. The minimum atomic E-state index is -0.109. The van der Waals surface area contributed by atoms with Crippen molar-refractivity contribution in [2.24, 2.45) is 5.10 Å². The van der Waals surface area contributed by atoms with Crippen molar-refractivity contribution in [1.29, 1.82) is 0 Å². The molecule has 0 aliphatic carbocycles. The van der Waals surface area contributed by atoms with Crippen LogP contribution in [0.5, 0.6) is 11.5 Å². The van der Waals surface area contributed by atoms with Crippen molar-refractivity contribution in [2.75, 3.05) is 0 Å². The van der Waals surface area contributed by atoms with Crippen LogP contribution in [-0.2, 0) is 6.42 Å². The molecule has 0 saturated heterocycles. The van der Waals surface area contributed by atoms with Crippen molar-refractivity contribution in [2.45, 2.75) is 13.3 Å². The molecule has 0 aliphatic heterocycles. The smallest absolute Gasteiger partial charge is 0.216 e. The summed E-state index contributed by atoms with van der Waals surface area (Å²) in [6.07, 6.45) is 2.11. The number of aromatic amines is 1. The highest BCUT2D eigenvalue weighted by molar-refractivity contribution is 9.11. The van der Waals surface area contributed by atoms with E-state index in [0.29, 0.717) is 27.1 Å². The van der Waals surface area contributed by atoms with Gasteiger partial charge < -0.3 is 10.2 Å². The van der Waals surface area contributed by atoms with Gasteiger partial charge >= 0.3 is 0 Å². The largest absolute Gasteiger partial charge is 0.506 e. The van der Waals surface area contributed by atoms with Crippen LogP contribution < -0.4 is 0 Å². The highest BCUT2D eigenvalue weighted by Gasteiger charge is 2.13. The van der Waals surface area contributed by atoms with Crippen molar-refractivity contribution in [3.8, 4) is 11.5 Å². The van der Waals surface area contributed by atoms with Crippen molar-refractivity contribution in [1.82, 2.24) is 14.9 Å². The molecule has 0 amide bonds. The van der Waals surface area contributed by atoms with Crippen LogP contribution in [0.4, 0.5) is 0 Å². The maximum Gasteiger partial charge on any atom is 0.216 e. The Labute approximate surface area is 136 Å².